The molecule has 4 rings (SSSR count). The van der Waals surface area contributed by atoms with Gasteiger partial charge in [-0.25, -0.2) is 4.90 Å². The van der Waals surface area contributed by atoms with E-state index >= 15 is 0 Å². The minimum Gasteiger partial charge on any atom is -0.495 e. The number of para-hydroxylation sites is 2. The lowest BCUT2D eigenvalue weighted by Crippen LogP contribution is -2.54. The number of carbonyl (C=O) groups is 2. The summed E-state index contributed by atoms with van der Waals surface area (Å²) < 4.78 is 11.1. The molecule has 2 fully saturated rings. The minimum atomic E-state index is -0.555. The first-order chi connectivity index (χ1) is 13.6. The topological polar surface area (TPSA) is 75.0 Å². The van der Waals surface area contributed by atoms with Gasteiger partial charge in [-0.15, -0.1) is 0 Å². The van der Waals surface area contributed by atoms with E-state index < -0.39 is 11.8 Å². The highest BCUT2D eigenvalue weighted by Crippen LogP contribution is 2.31. The van der Waals surface area contributed by atoms with E-state index in [0.717, 1.165) is 31.8 Å². The quantitative estimate of drug-likeness (QED) is 0.486. The van der Waals surface area contributed by atoms with Gasteiger partial charge in [0.15, 0.2) is 11.0 Å². The second kappa shape index (κ2) is 7.47. The molecule has 144 valence electrons. The summed E-state index contributed by atoms with van der Waals surface area (Å²) in [6, 6.07) is 10.6. The zero-order chi connectivity index (χ0) is 19.7. The van der Waals surface area contributed by atoms with Gasteiger partial charge in [-0.05, 0) is 49.3 Å². The van der Waals surface area contributed by atoms with Crippen LogP contribution in [0.1, 0.15) is 18.6 Å². The van der Waals surface area contributed by atoms with Gasteiger partial charge >= 0.3 is 0 Å². The second-order valence-corrected chi connectivity index (χ2v) is 6.89. The van der Waals surface area contributed by atoms with E-state index in [2.05, 4.69) is 10.2 Å². The monoisotopic (exact) mass is 397 g/mol. The van der Waals surface area contributed by atoms with Gasteiger partial charge in [-0.1, -0.05) is 12.1 Å². The van der Waals surface area contributed by atoms with Crippen LogP contribution in [-0.4, -0.2) is 37.1 Å². The van der Waals surface area contributed by atoms with Gasteiger partial charge < -0.3 is 14.1 Å². The molecule has 0 bridgehead atoms. The maximum Gasteiger partial charge on any atom is 0.270 e. The molecule has 1 aromatic carbocycles. The Balaban J connectivity index is 1.67. The van der Waals surface area contributed by atoms with Crippen molar-refractivity contribution >= 4 is 46.8 Å². The predicted molar refractivity (Wildman–Crippen MR) is 109 cm³/mol. The molecule has 0 spiro atoms. The number of amides is 2. The number of carbonyl (C=O) groups excluding carboxylic acids is 2. The van der Waals surface area contributed by atoms with Crippen molar-refractivity contribution in [1.82, 2.24) is 5.32 Å². The van der Waals surface area contributed by atoms with E-state index in [4.69, 9.17) is 21.4 Å². The van der Waals surface area contributed by atoms with Crippen LogP contribution in [0.3, 0.4) is 0 Å². The highest BCUT2D eigenvalue weighted by molar-refractivity contribution is 7.80. The molecule has 0 unspecified atom stereocenters. The third-order valence-electron chi connectivity index (χ3n) is 4.74. The van der Waals surface area contributed by atoms with Gasteiger partial charge in [0, 0.05) is 19.2 Å². The molecule has 3 heterocycles. The summed E-state index contributed by atoms with van der Waals surface area (Å²) in [6.45, 7) is 1.89. The van der Waals surface area contributed by atoms with Gasteiger partial charge in [0.2, 0.25) is 0 Å². The van der Waals surface area contributed by atoms with E-state index in [-0.39, 0.29) is 10.7 Å². The van der Waals surface area contributed by atoms with E-state index in [0.29, 0.717) is 17.2 Å². The van der Waals surface area contributed by atoms with Crippen molar-refractivity contribution in [3.63, 3.8) is 0 Å². The van der Waals surface area contributed by atoms with E-state index in [1.165, 1.54) is 18.1 Å². The number of benzene rings is 1. The lowest BCUT2D eigenvalue weighted by Gasteiger charge is -2.29. The van der Waals surface area contributed by atoms with Crippen molar-refractivity contribution in [1.29, 1.82) is 0 Å². The Bertz CT molecular complexity index is 975. The molecule has 2 amide bonds. The summed E-state index contributed by atoms with van der Waals surface area (Å²) in [5, 5.41) is 2.57. The molecule has 8 heteroatoms. The molecule has 2 saturated heterocycles. The molecule has 1 aromatic heterocycles. The van der Waals surface area contributed by atoms with Crippen LogP contribution in [0.25, 0.3) is 6.08 Å². The third kappa shape index (κ3) is 3.27. The molecule has 0 aliphatic carbocycles. The normalized spacial score (nSPS) is 18.8. The first-order valence-corrected chi connectivity index (χ1v) is 9.38. The Morgan fingerprint density at radius 3 is 2.64 bits per heavy atom. The fourth-order valence-electron chi connectivity index (χ4n) is 3.36. The number of ether oxygens (including phenoxy) is 1. The van der Waals surface area contributed by atoms with Crippen molar-refractivity contribution in [2.24, 2.45) is 0 Å². The predicted octanol–water partition coefficient (Wildman–Crippen LogP) is 2.72. The summed E-state index contributed by atoms with van der Waals surface area (Å²) in [7, 11) is 1.51. The number of nitrogens with zero attached hydrogens (tertiary/aromatic N) is 2. The molecular formula is C20H19N3O4S. The molecular weight excluding hydrogens is 378 g/mol. The van der Waals surface area contributed by atoms with Crippen LogP contribution in [0.5, 0.6) is 5.75 Å². The van der Waals surface area contributed by atoms with Crippen LogP contribution in [0.15, 0.2) is 46.4 Å². The lowest BCUT2D eigenvalue weighted by atomic mass is 10.1. The van der Waals surface area contributed by atoms with Crippen molar-refractivity contribution in [3.05, 3.63) is 47.7 Å². The fraction of sp³-hybridized carbons (Fsp3) is 0.250. The van der Waals surface area contributed by atoms with Crippen molar-refractivity contribution in [3.8, 4) is 5.75 Å². The van der Waals surface area contributed by atoms with Crippen LogP contribution in [0.4, 0.5) is 11.6 Å². The average molecular weight is 397 g/mol. The Kier molecular flexibility index (Phi) is 4.87. The number of hydrogen-bond donors (Lipinski definition) is 1. The summed E-state index contributed by atoms with van der Waals surface area (Å²) in [5.74, 6) is 0.568. The Hall–Kier alpha value is -3.13. The highest BCUT2D eigenvalue weighted by atomic mass is 32.1. The fourth-order valence-corrected chi connectivity index (χ4v) is 3.63. The Morgan fingerprint density at radius 2 is 1.89 bits per heavy atom. The smallest absolute Gasteiger partial charge is 0.270 e. The van der Waals surface area contributed by atoms with Gasteiger partial charge in [0.25, 0.3) is 11.8 Å². The maximum absolute atomic E-state index is 13.1. The molecule has 7 nitrogen and oxygen atoms in total. The van der Waals surface area contributed by atoms with Gasteiger partial charge in [-0.3, -0.25) is 14.9 Å². The first-order valence-electron chi connectivity index (χ1n) is 8.98. The van der Waals surface area contributed by atoms with Gasteiger partial charge in [0.05, 0.1) is 12.8 Å². The van der Waals surface area contributed by atoms with E-state index in [1.54, 1.807) is 30.3 Å². The molecule has 0 radical (unpaired) electrons. The largest absolute Gasteiger partial charge is 0.495 e. The molecule has 1 N–H and O–H groups in total. The number of furan rings is 1. The van der Waals surface area contributed by atoms with E-state index in [9.17, 15) is 9.59 Å². The number of nitrogens with one attached hydrogen (secondary N) is 1. The Labute approximate surface area is 167 Å². The highest BCUT2D eigenvalue weighted by Gasteiger charge is 2.36. The maximum atomic E-state index is 13.1. The van der Waals surface area contributed by atoms with Crippen LogP contribution in [0.2, 0.25) is 0 Å². The number of anilines is 2. The number of methoxy groups -OCH3 is 1. The second-order valence-electron chi connectivity index (χ2n) is 6.50. The number of rotatable bonds is 4. The van der Waals surface area contributed by atoms with E-state index in [1.807, 2.05) is 6.07 Å². The van der Waals surface area contributed by atoms with Crippen LogP contribution >= 0.6 is 12.2 Å². The zero-order valence-corrected chi connectivity index (χ0v) is 16.1. The summed E-state index contributed by atoms with van der Waals surface area (Å²) in [5.41, 5.74) is 0.407. The summed E-state index contributed by atoms with van der Waals surface area (Å²) >= 11 is 5.23. The van der Waals surface area contributed by atoms with Gasteiger partial charge in [0.1, 0.15) is 17.1 Å². The van der Waals surface area contributed by atoms with Crippen molar-refractivity contribution in [2.45, 2.75) is 12.8 Å². The van der Waals surface area contributed by atoms with Crippen LogP contribution in [-0.2, 0) is 9.59 Å². The average Bonchev–Trinajstić information content (AvgIpc) is 3.37. The Morgan fingerprint density at radius 1 is 1.14 bits per heavy atom. The SMILES string of the molecule is COc1ccccc1N1C(=O)/C(=C/c2ccc(N3CCCC3)o2)C(=O)NC1=S. The minimum absolute atomic E-state index is 0.00820. The van der Waals surface area contributed by atoms with Crippen LogP contribution < -0.4 is 19.9 Å². The molecule has 2 aromatic rings. The summed E-state index contributed by atoms with van der Waals surface area (Å²) in [4.78, 5) is 28.9. The molecule has 2 aliphatic rings. The van der Waals surface area contributed by atoms with Crippen molar-refractivity contribution < 1.29 is 18.7 Å². The van der Waals surface area contributed by atoms with Crippen molar-refractivity contribution in [2.75, 3.05) is 30.0 Å². The summed E-state index contributed by atoms with van der Waals surface area (Å²) in [6.07, 6.45) is 3.70. The van der Waals surface area contributed by atoms with Crippen LogP contribution in [0, 0.1) is 0 Å². The first kappa shape index (κ1) is 18.2. The molecule has 2 aliphatic heterocycles. The standard InChI is InChI=1S/C20H19N3O4S/c1-26-16-7-3-2-6-15(16)23-19(25)14(18(24)21-20(23)28)12-13-8-9-17(27-13)22-10-4-5-11-22/h2-3,6-9,12H,4-5,10-11H2,1H3,(H,21,24,28)/b14-12+. The van der Waals surface area contributed by atoms with Gasteiger partial charge in [-0.2, -0.15) is 0 Å². The zero-order valence-electron chi connectivity index (χ0n) is 15.3. The number of hydrogen-bond acceptors (Lipinski definition) is 6. The molecule has 0 saturated carbocycles. The third-order valence-corrected chi connectivity index (χ3v) is 5.03. The number of thiocarbonyl (C=S) groups is 1. The molecule has 28 heavy (non-hydrogen) atoms. The lowest BCUT2D eigenvalue weighted by molar-refractivity contribution is -0.122. The molecule has 0 atom stereocenters.